The number of carbonyl (C=O) groups is 3. The molecule has 0 radical (unpaired) electrons. The predicted octanol–water partition coefficient (Wildman–Crippen LogP) is 7.68. The zero-order valence-electron chi connectivity index (χ0n) is 23.6. The fraction of sp³-hybridized carbons (Fsp3) is 0.229. The van der Waals surface area contributed by atoms with Crippen molar-refractivity contribution in [1.82, 2.24) is 0 Å². The zero-order valence-corrected chi connectivity index (χ0v) is 23.6. The lowest BCUT2D eigenvalue weighted by Crippen LogP contribution is -2.10. The van der Waals surface area contributed by atoms with Crippen LogP contribution in [0.4, 0.5) is 0 Å². The van der Waals surface area contributed by atoms with Crippen LogP contribution in [-0.4, -0.2) is 31.6 Å². The number of unbranched alkanes of at least 4 members (excludes halogenated alkanes) is 4. The van der Waals surface area contributed by atoms with Crippen molar-refractivity contribution in [2.45, 2.75) is 38.5 Å². The highest BCUT2D eigenvalue weighted by Gasteiger charge is 2.11. The smallest absolute Gasteiger partial charge is 0.343 e. The van der Waals surface area contributed by atoms with Crippen LogP contribution in [0.3, 0.4) is 0 Å². The van der Waals surface area contributed by atoms with Crippen molar-refractivity contribution < 1.29 is 33.3 Å². The standard InChI is InChI=1S/C35H34O7/c1-39-30-19-13-26(14-20-30)27-15-21-32(22-16-27)42-35(38)29-17-23-31(24-18-29)41-33(36)12-8-3-2-4-9-25-40-34(37)28-10-6-5-7-11-28/h5-7,10-11,13-24H,2-4,8-9,12,25H2,1H3. The number of carbonyl (C=O) groups excluding carboxylic acids is 3. The van der Waals surface area contributed by atoms with Gasteiger partial charge in [-0.15, -0.1) is 0 Å². The normalized spacial score (nSPS) is 10.5. The SMILES string of the molecule is COc1ccc(-c2ccc(OC(=O)c3ccc(OC(=O)CCCCCCCOC(=O)c4ccccc4)cc3)cc2)cc1. The Hall–Kier alpha value is -4.91. The molecule has 0 fully saturated rings. The Morgan fingerprint density at radius 3 is 1.69 bits per heavy atom. The zero-order chi connectivity index (χ0) is 29.6. The number of hydrogen-bond acceptors (Lipinski definition) is 7. The fourth-order valence-corrected chi connectivity index (χ4v) is 4.23. The predicted molar refractivity (Wildman–Crippen MR) is 160 cm³/mol. The van der Waals surface area contributed by atoms with Crippen LogP contribution in [0.15, 0.2) is 103 Å². The van der Waals surface area contributed by atoms with Crippen molar-refractivity contribution in [2.75, 3.05) is 13.7 Å². The molecule has 0 heterocycles. The number of esters is 3. The van der Waals surface area contributed by atoms with Gasteiger partial charge >= 0.3 is 17.9 Å². The first-order valence-corrected chi connectivity index (χ1v) is 14.0. The first kappa shape index (κ1) is 30.1. The van der Waals surface area contributed by atoms with Gasteiger partial charge in [-0.2, -0.15) is 0 Å². The van der Waals surface area contributed by atoms with Gasteiger partial charge in [0.25, 0.3) is 0 Å². The second kappa shape index (κ2) is 15.8. The molecule has 0 aliphatic heterocycles. The van der Waals surface area contributed by atoms with Crippen molar-refractivity contribution in [3.05, 3.63) is 114 Å². The third-order valence-electron chi connectivity index (χ3n) is 6.58. The Balaban J connectivity index is 1.11. The van der Waals surface area contributed by atoms with E-state index in [0.29, 0.717) is 42.1 Å². The van der Waals surface area contributed by atoms with E-state index < -0.39 is 5.97 Å². The number of rotatable bonds is 14. The molecule has 0 unspecified atom stereocenters. The van der Waals surface area contributed by atoms with Gasteiger partial charge in [0.2, 0.25) is 0 Å². The molecule has 4 aromatic carbocycles. The quantitative estimate of drug-likeness (QED) is 0.0878. The fourth-order valence-electron chi connectivity index (χ4n) is 4.23. The van der Waals surface area contributed by atoms with E-state index in [-0.39, 0.29) is 11.9 Å². The summed E-state index contributed by atoms with van der Waals surface area (Å²) < 4.78 is 21.3. The first-order chi connectivity index (χ1) is 20.5. The summed E-state index contributed by atoms with van der Waals surface area (Å²) in [5, 5.41) is 0. The van der Waals surface area contributed by atoms with Crippen molar-refractivity contribution in [3.8, 4) is 28.4 Å². The van der Waals surface area contributed by atoms with E-state index in [9.17, 15) is 14.4 Å². The second-order valence-corrected chi connectivity index (χ2v) is 9.66. The molecule has 0 atom stereocenters. The van der Waals surface area contributed by atoms with Crippen LogP contribution in [0.1, 0.15) is 59.2 Å². The molecule has 0 amide bonds. The molecule has 0 aliphatic rings. The number of ether oxygens (including phenoxy) is 4. The van der Waals surface area contributed by atoms with E-state index in [1.54, 1.807) is 67.8 Å². The van der Waals surface area contributed by atoms with Crippen LogP contribution < -0.4 is 14.2 Å². The summed E-state index contributed by atoms with van der Waals surface area (Å²) in [4.78, 5) is 36.7. The van der Waals surface area contributed by atoms with E-state index >= 15 is 0 Å². The molecule has 0 bridgehead atoms. The lowest BCUT2D eigenvalue weighted by Gasteiger charge is -2.08. The third kappa shape index (κ3) is 9.34. The van der Waals surface area contributed by atoms with Gasteiger partial charge in [-0.3, -0.25) is 4.79 Å². The van der Waals surface area contributed by atoms with Crippen LogP contribution in [0.25, 0.3) is 11.1 Å². The first-order valence-electron chi connectivity index (χ1n) is 14.0. The van der Waals surface area contributed by atoms with Crippen molar-refractivity contribution in [2.24, 2.45) is 0 Å². The summed E-state index contributed by atoms with van der Waals surface area (Å²) in [5.41, 5.74) is 2.92. The van der Waals surface area contributed by atoms with Gasteiger partial charge in [-0.05, 0) is 84.6 Å². The Kier molecular flexibility index (Phi) is 11.3. The summed E-state index contributed by atoms with van der Waals surface area (Å²) in [6, 6.07) is 30.2. The minimum Gasteiger partial charge on any atom is -0.497 e. The summed E-state index contributed by atoms with van der Waals surface area (Å²) in [5.74, 6) is 0.467. The van der Waals surface area contributed by atoms with Crippen LogP contribution in [0.2, 0.25) is 0 Å². The maximum Gasteiger partial charge on any atom is 0.343 e. The number of benzene rings is 4. The average Bonchev–Trinajstić information content (AvgIpc) is 3.03. The van der Waals surface area contributed by atoms with Gasteiger partial charge in [0.05, 0.1) is 24.8 Å². The van der Waals surface area contributed by atoms with E-state index in [2.05, 4.69) is 0 Å². The monoisotopic (exact) mass is 566 g/mol. The van der Waals surface area contributed by atoms with Gasteiger partial charge in [0.15, 0.2) is 0 Å². The van der Waals surface area contributed by atoms with Crippen LogP contribution in [0, 0.1) is 0 Å². The maximum atomic E-state index is 12.6. The molecule has 7 nitrogen and oxygen atoms in total. The topological polar surface area (TPSA) is 88.1 Å². The third-order valence-corrected chi connectivity index (χ3v) is 6.58. The minimum atomic E-state index is -0.500. The van der Waals surface area contributed by atoms with Crippen molar-refractivity contribution in [3.63, 3.8) is 0 Å². The maximum absolute atomic E-state index is 12.6. The van der Waals surface area contributed by atoms with E-state index in [1.807, 2.05) is 42.5 Å². The summed E-state index contributed by atoms with van der Waals surface area (Å²) in [6.45, 7) is 0.385. The van der Waals surface area contributed by atoms with E-state index in [4.69, 9.17) is 18.9 Å². The van der Waals surface area contributed by atoms with E-state index in [0.717, 1.165) is 42.6 Å². The molecule has 42 heavy (non-hydrogen) atoms. The average molecular weight is 567 g/mol. The summed E-state index contributed by atoms with van der Waals surface area (Å²) in [7, 11) is 1.63. The molecular formula is C35H34O7. The molecule has 216 valence electrons. The largest absolute Gasteiger partial charge is 0.497 e. The highest BCUT2D eigenvalue weighted by atomic mass is 16.5. The molecule has 0 saturated carbocycles. The molecular weight excluding hydrogens is 532 g/mol. The molecule has 4 aromatic rings. The lowest BCUT2D eigenvalue weighted by molar-refractivity contribution is -0.134. The van der Waals surface area contributed by atoms with E-state index in [1.165, 1.54) is 0 Å². The summed E-state index contributed by atoms with van der Waals surface area (Å²) in [6.07, 6.45) is 4.54. The molecule has 0 N–H and O–H groups in total. The van der Waals surface area contributed by atoms with Gasteiger partial charge in [-0.25, -0.2) is 9.59 Å². The Morgan fingerprint density at radius 1 is 0.524 bits per heavy atom. The lowest BCUT2D eigenvalue weighted by atomic mass is 10.1. The molecule has 4 rings (SSSR count). The highest BCUT2D eigenvalue weighted by molar-refractivity contribution is 5.91. The second-order valence-electron chi connectivity index (χ2n) is 9.66. The van der Waals surface area contributed by atoms with Crippen LogP contribution >= 0.6 is 0 Å². The molecule has 0 saturated heterocycles. The molecule has 0 aromatic heterocycles. The van der Waals surface area contributed by atoms with Gasteiger partial charge in [0, 0.05) is 6.42 Å². The Morgan fingerprint density at radius 2 is 1.05 bits per heavy atom. The van der Waals surface area contributed by atoms with Gasteiger partial charge in [0.1, 0.15) is 17.2 Å². The molecule has 0 aliphatic carbocycles. The molecule has 0 spiro atoms. The van der Waals surface area contributed by atoms with Crippen LogP contribution in [0.5, 0.6) is 17.2 Å². The van der Waals surface area contributed by atoms with Gasteiger partial charge < -0.3 is 18.9 Å². The van der Waals surface area contributed by atoms with Gasteiger partial charge in [-0.1, -0.05) is 61.7 Å². The Bertz CT molecular complexity index is 1430. The van der Waals surface area contributed by atoms with Crippen molar-refractivity contribution >= 4 is 17.9 Å². The van der Waals surface area contributed by atoms with Crippen LogP contribution in [-0.2, 0) is 9.53 Å². The van der Waals surface area contributed by atoms with Crippen molar-refractivity contribution in [1.29, 1.82) is 0 Å². The molecule has 7 heteroatoms. The number of methoxy groups -OCH3 is 1. The Labute approximate surface area is 246 Å². The summed E-state index contributed by atoms with van der Waals surface area (Å²) >= 11 is 0. The highest BCUT2D eigenvalue weighted by Crippen LogP contribution is 2.25. The number of hydrogen-bond donors (Lipinski definition) is 0. The minimum absolute atomic E-state index is 0.305.